The molecule has 15 heteroatoms. The Kier molecular flexibility index (Phi) is 1350. The van der Waals surface area contributed by atoms with Gasteiger partial charge in [-0.15, -0.1) is 0 Å². The van der Waals surface area contributed by atoms with E-state index >= 15 is 0 Å². The summed E-state index contributed by atoms with van der Waals surface area (Å²) in [5, 5.41) is 0. The van der Waals surface area contributed by atoms with Crippen LogP contribution in [-0.2, 0) is 292 Å². The zero-order valence-corrected chi connectivity index (χ0v) is 55.1. The van der Waals surface area contributed by atoms with Gasteiger partial charge in [-0.25, -0.2) is 0 Å². The first kappa shape index (κ1) is 152. The third kappa shape index (κ3) is 122. The van der Waals surface area contributed by atoms with E-state index in [1.807, 2.05) is 0 Å². The van der Waals surface area contributed by atoms with Crippen LogP contribution in [0, 0.1) is 0 Å². The van der Waals surface area contributed by atoms with E-state index in [2.05, 4.69) is 0 Å². The zero-order valence-electron chi connectivity index (χ0n) is 10.6. The molecule has 0 radical (unpaired) electrons. The van der Waals surface area contributed by atoms with Crippen molar-refractivity contribution in [3.05, 3.63) is 0 Å². The van der Waals surface area contributed by atoms with E-state index in [4.69, 9.17) is 0 Å². The molecule has 0 aromatic heterocycles. The summed E-state index contributed by atoms with van der Waals surface area (Å²) < 4.78 is 0. The van der Waals surface area contributed by atoms with Gasteiger partial charge in [-0.2, -0.15) is 0 Å². The molecule has 15 heavy (non-hydrogen) atoms. The van der Waals surface area contributed by atoms with Crippen molar-refractivity contribution in [2.45, 2.75) is 0 Å². The van der Waals surface area contributed by atoms with Gasteiger partial charge in [0.2, 0.25) is 0 Å². The molecule has 0 fully saturated rings. The van der Waals surface area contributed by atoms with Crippen molar-refractivity contribution in [1.29, 1.82) is 0 Å². The largest absolute Gasteiger partial charge is 0 e. The van der Waals surface area contributed by atoms with E-state index in [0.717, 1.165) is 0 Å². The fourth-order valence-corrected chi connectivity index (χ4v) is 0. The molecule has 30 valence electrons. The van der Waals surface area contributed by atoms with Crippen molar-refractivity contribution in [2.24, 2.45) is 0 Å². The SMILES string of the molecule is [Zn].[Zn].[Zn].[Zn].[Zn].[Zn].[Zn].[Zn].[Zn].[Zn].[Zn].[Zn].[Zn].[Zn].[Zn]. The second-order valence-electron chi connectivity index (χ2n) is 0. The Balaban J connectivity index is 0. The molecule has 0 saturated carbocycles. The van der Waals surface area contributed by atoms with Gasteiger partial charge in [0.1, 0.15) is 0 Å². The van der Waals surface area contributed by atoms with Gasteiger partial charge in [0.15, 0.2) is 0 Å². The Morgan fingerprint density at radius 1 is 0.0667 bits per heavy atom. The predicted octanol–water partition coefficient (Wildman–Crippen LogP) is -0.0375. The van der Waals surface area contributed by atoms with Crippen LogP contribution in [0.1, 0.15) is 0 Å². The Morgan fingerprint density at radius 3 is 0.0667 bits per heavy atom. The first-order chi connectivity index (χ1) is 0. The molecule has 0 saturated heterocycles. The van der Waals surface area contributed by atoms with Gasteiger partial charge in [-0.1, -0.05) is 0 Å². The summed E-state index contributed by atoms with van der Waals surface area (Å²) >= 11 is 0. The van der Waals surface area contributed by atoms with Crippen LogP contribution in [0.5, 0.6) is 0 Å². The molecule has 0 aliphatic carbocycles. The predicted molar refractivity (Wildman–Crippen MR) is 0 cm³/mol. The monoisotopic (exact) mass is 959 g/mol. The summed E-state index contributed by atoms with van der Waals surface area (Å²) in [7, 11) is 0. The third-order valence-corrected chi connectivity index (χ3v) is 0. The second-order valence-corrected chi connectivity index (χ2v) is 0. The van der Waals surface area contributed by atoms with E-state index in [-0.39, 0.29) is 292 Å². The van der Waals surface area contributed by atoms with Crippen molar-refractivity contribution in [1.82, 2.24) is 0 Å². The van der Waals surface area contributed by atoms with Gasteiger partial charge in [0, 0.05) is 292 Å². The molecule has 0 atom stereocenters. The van der Waals surface area contributed by atoms with Gasteiger partial charge in [0.05, 0.1) is 0 Å². The molecule has 0 nitrogen and oxygen atoms in total. The number of hydrogen-bond donors (Lipinski definition) is 0. The smallest absolute Gasteiger partial charge is 0 e. The van der Waals surface area contributed by atoms with Crippen LogP contribution >= 0.6 is 0 Å². The quantitative estimate of drug-likeness (QED) is 0.300. The van der Waals surface area contributed by atoms with Gasteiger partial charge < -0.3 is 0 Å². The summed E-state index contributed by atoms with van der Waals surface area (Å²) in [5.41, 5.74) is 0. The maximum Gasteiger partial charge on any atom is 0 e. The zero-order chi connectivity index (χ0) is 0. The first-order valence-electron chi connectivity index (χ1n) is 0. The Hall–Kier alpha value is 9.35. The van der Waals surface area contributed by atoms with E-state index in [1.165, 1.54) is 0 Å². The van der Waals surface area contributed by atoms with Crippen molar-refractivity contribution >= 4 is 0 Å². The average Bonchev–Trinajstić information content (AvgIpc) is 0. The normalized spacial score (nSPS) is 0. The minimum atomic E-state index is 0. The number of hydrogen-bond acceptors (Lipinski definition) is 0. The van der Waals surface area contributed by atoms with E-state index in [1.54, 1.807) is 0 Å². The molecular weight excluding hydrogens is 981 g/mol. The van der Waals surface area contributed by atoms with Gasteiger partial charge in [0.25, 0.3) is 0 Å². The van der Waals surface area contributed by atoms with E-state index in [0.29, 0.717) is 0 Å². The maximum atomic E-state index is 0. The van der Waals surface area contributed by atoms with Crippen LogP contribution in [-0.4, -0.2) is 0 Å². The fraction of sp³-hybridized carbons (Fsp3) is 0. The Bertz CT molecular complexity index is 0. The Labute approximate surface area is 285 Å². The van der Waals surface area contributed by atoms with Gasteiger partial charge in [-0.3, -0.25) is 0 Å². The molecule has 0 amide bonds. The molecule has 0 rings (SSSR count). The van der Waals surface area contributed by atoms with Crippen molar-refractivity contribution < 1.29 is 292 Å². The van der Waals surface area contributed by atoms with Crippen LogP contribution in [0.2, 0.25) is 0 Å². The molecular formula is Zn15. The molecule has 0 spiro atoms. The second kappa shape index (κ2) is 133. The molecule has 0 heterocycles. The minimum absolute atomic E-state index is 0. The molecule has 0 aromatic rings. The van der Waals surface area contributed by atoms with Gasteiger partial charge >= 0.3 is 0 Å². The molecule has 0 aliphatic rings. The molecule has 0 aliphatic heterocycles. The topological polar surface area (TPSA) is 0 Å². The fourth-order valence-electron chi connectivity index (χ4n) is 0. The van der Waals surface area contributed by atoms with Crippen molar-refractivity contribution in [2.75, 3.05) is 0 Å². The minimum Gasteiger partial charge on any atom is 0 e. The van der Waals surface area contributed by atoms with Crippen LogP contribution in [0.25, 0.3) is 0 Å². The van der Waals surface area contributed by atoms with E-state index in [9.17, 15) is 0 Å². The molecule has 0 N–H and O–H groups in total. The number of rotatable bonds is 0. The van der Waals surface area contributed by atoms with Crippen molar-refractivity contribution in [3.63, 3.8) is 0 Å². The molecule has 0 bridgehead atoms. The standard InChI is InChI=1S/15Zn. The maximum absolute atomic E-state index is 0. The summed E-state index contributed by atoms with van der Waals surface area (Å²) in [4.78, 5) is 0. The van der Waals surface area contributed by atoms with Crippen molar-refractivity contribution in [3.8, 4) is 0 Å². The van der Waals surface area contributed by atoms with Crippen LogP contribution in [0.15, 0.2) is 0 Å². The Morgan fingerprint density at radius 2 is 0.0667 bits per heavy atom. The molecule has 0 unspecified atom stereocenters. The van der Waals surface area contributed by atoms with Crippen LogP contribution in [0.3, 0.4) is 0 Å². The van der Waals surface area contributed by atoms with E-state index < -0.39 is 0 Å². The summed E-state index contributed by atoms with van der Waals surface area (Å²) in [6.45, 7) is 0. The first-order valence-corrected chi connectivity index (χ1v) is 0. The summed E-state index contributed by atoms with van der Waals surface area (Å²) in [6.07, 6.45) is 0. The third-order valence-electron chi connectivity index (χ3n) is 0. The summed E-state index contributed by atoms with van der Waals surface area (Å²) in [5.74, 6) is 0. The molecule has 0 aromatic carbocycles. The summed E-state index contributed by atoms with van der Waals surface area (Å²) in [6, 6.07) is 0. The van der Waals surface area contributed by atoms with Gasteiger partial charge in [-0.05, 0) is 0 Å². The average molecular weight is 981 g/mol. The van der Waals surface area contributed by atoms with Crippen LogP contribution < -0.4 is 0 Å². The van der Waals surface area contributed by atoms with Crippen LogP contribution in [0.4, 0.5) is 0 Å².